The van der Waals surface area contributed by atoms with Crippen LogP contribution in [0.15, 0.2) is 249 Å². The normalized spacial score (nSPS) is 12.9. The number of fused-ring (bicyclic) bond motifs is 14. The van der Waals surface area contributed by atoms with E-state index in [2.05, 4.69) is 254 Å². The van der Waals surface area contributed by atoms with E-state index in [1.54, 1.807) is 0 Å². The average Bonchev–Trinajstić information content (AvgIpc) is 4.03. The minimum absolute atomic E-state index is 0.453. The van der Waals surface area contributed by atoms with Crippen molar-refractivity contribution in [3.05, 3.63) is 271 Å². The lowest BCUT2D eigenvalue weighted by Crippen LogP contribution is -2.26. The molecule has 0 atom stereocenters. The van der Waals surface area contributed by atoms with Gasteiger partial charge < -0.3 is 4.90 Å². The van der Waals surface area contributed by atoms with Gasteiger partial charge in [-0.1, -0.05) is 200 Å². The van der Waals surface area contributed by atoms with Gasteiger partial charge in [0.15, 0.2) is 0 Å². The fourth-order valence-corrected chi connectivity index (χ4v) is 12.9. The molecule has 0 saturated carbocycles. The Labute approximate surface area is 394 Å². The van der Waals surface area contributed by atoms with E-state index in [-0.39, 0.29) is 0 Å². The van der Waals surface area contributed by atoms with Crippen LogP contribution in [-0.2, 0) is 5.41 Å². The van der Waals surface area contributed by atoms with Crippen molar-refractivity contribution in [3.63, 3.8) is 0 Å². The smallest absolute Gasteiger partial charge is 0.0726 e. The number of rotatable bonds is 6. The predicted octanol–water partition coefficient (Wildman–Crippen LogP) is 18.0. The van der Waals surface area contributed by atoms with Crippen LogP contribution in [0, 0.1) is 0 Å². The Morgan fingerprint density at radius 2 is 0.746 bits per heavy atom. The summed E-state index contributed by atoms with van der Waals surface area (Å²) in [7, 11) is 0. The first-order valence-corrected chi connectivity index (χ1v) is 24.0. The van der Waals surface area contributed by atoms with Crippen LogP contribution in [0.5, 0.6) is 0 Å². The zero-order chi connectivity index (χ0) is 44.1. The zero-order valence-electron chi connectivity index (χ0n) is 36.5. The lowest BCUT2D eigenvalue weighted by atomic mass is 9.70. The standard InChI is InChI=1S/C65H41NS/c1-2-24-50-42(16-1)17-14-29-51(50)46-21-13-23-48(40-46)66(47-22-12-19-44(39-47)43-18-11-20-45(38-43)52-30-15-31-58-57-28-6-10-35-63(57)67-64(52)58)49-36-37-56-55-27-5-9-34-61(55)65(62(56)41-49)59-32-7-3-25-53(59)54-26-4-8-33-60(54)65/h1-41H. The second-order valence-electron chi connectivity index (χ2n) is 17.9. The molecule has 0 bridgehead atoms. The maximum atomic E-state index is 2.50. The summed E-state index contributed by atoms with van der Waals surface area (Å²) in [6.45, 7) is 0. The molecule has 1 aromatic heterocycles. The zero-order valence-corrected chi connectivity index (χ0v) is 37.3. The second kappa shape index (κ2) is 14.9. The molecule has 0 saturated heterocycles. The molecular formula is C65H41NS. The third kappa shape index (κ3) is 5.67. The fraction of sp³-hybridized carbons (Fsp3) is 0.0154. The maximum Gasteiger partial charge on any atom is 0.0726 e. The van der Waals surface area contributed by atoms with Crippen molar-refractivity contribution >= 4 is 59.3 Å². The van der Waals surface area contributed by atoms with Gasteiger partial charge in [-0.3, -0.25) is 0 Å². The molecule has 0 fully saturated rings. The van der Waals surface area contributed by atoms with Crippen LogP contribution >= 0.6 is 11.3 Å². The van der Waals surface area contributed by atoms with Gasteiger partial charge in [-0.2, -0.15) is 0 Å². The first kappa shape index (κ1) is 38.0. The summed E-state index contributed by atoms with van der Waals surface area (Å²) < 4.78 is 2.65. The minimum Gasteiger partial charge on any atom is -0.310 e. The lowest BCUT2D eigenvalue weighted by Gasteiger charge is -2.32. The highest BCUT2D eigenvalue weighted by molar-refractivity contribution is 7.26. The van der Waals surface area contributed by atoms with E-state index in [0.717, 1.165) is 17.1 Å². The van der Waals surface area contributed by atoms with Gasteiger partial charge in [0.25, 0.3) is 0 Å². The van der Waals surface area contributed by atoms with Crippen LogP contribution in [0.4, 0.5) is 17.1 Å². The van der Waals surface area contributed by atoms with Crippen LogP contribution < -0.4 is 4.90 Å². The molecule has 67 heavy (non-hydrogen) atoms. The molecule has 1 spiro atoms. The minimum atomic E-state index is -0.453. The van der Waals surface area contributed by atoms with Gasteiger partial charge in [0, 0.05) is 37.2 Å². The average molecular weight is 868 g/mol. The summed E-state index contributed by atoms with van der Waals surface area (Å²) in [4.78, 5) is 2.48. The summed E-state index contributed by atoms with van der Waals surface area (Å²) in [5.74, 6) is 0. The van der Waals surface area contributed by atoms with Crippen molar-refractivity contribution in [2.45, 2.75) is 5.41 Å². The van der Waals surface area contributed by atoms with Gasteiger partial charge in [-0.05, 0) is 137 Å². The topological polar surface area (TPSA) is 3.24 Å². The van der Waals surface area contributed by atoms with Gasteiger partial charge in [0.1, 0.15) is 0 Å². The van der Waals surface area contributed by atoms with E-state index in [9.17, 15) is 0 Å². The molecule has 11 aromatic carbocycles. The summed E-state index contributed by atoms with van der Waals surface area (Å²) in [6.07, 6.45) is 0. The van der Waals surface area contributed by atoms with Crippen molar-refractivity contribution in [1.82, 2.24) is 0 Å². The first-order valence-electron chi connectivity index (χ1n) is 23.2. The third-order valence-electron chi connectivity index (χ3n) is 14.5. The largest absolute Gasteiger partial charge is 0.310 e. The van der Waals surface area contributed by atoms with E-state index in [4.69, 9.17) is 0 Å². The van der Waals surface area contributed by atoms with E-state index in [0.29, 0.717) is 0 Å². The number of thiophene rings is 1. The summed E-state index contributed by atoms with van der Waals surface area (Å²) >= 11 is 1.88. The molecule has 312 valence electrons. The summed E-state index contributed by atoms with van der Waals surface area (Å²) in [6, 6.07) is 92.6. The maximum absolute atomic E-state index is 2.50. The predicted molar refractivity (Wildman–Crippen MR) is 284 cm³/mol. The summed E-state index contributed by atoms with van der Waals surface area (Å²) in [5.41, 5.74) is 20.7. The molecule has 2 aliphatic carbocycles. The number of anilines is 3. The quantitative estimate of drug-likeness (QED) is 0.161. The monoisotopic (exact) mass is 867 g/mol. The van der Waals surface area contributed by atoms with Gasteiger partial charge in [0.2, 0.25) is 0 Å². The van der Waals surface area contributed by atoms with Crippen LogP contribution in [0.25, 0.3) is 86.6 Å². The lowest BCUT2D eigenvalue weighted by molar-refractivity contribution is 0.793. The number of hydrogen-bond acceptors (Lipinski definition) is 2. The van der Waals surface area contributed by atoms with Crippen LogP contribution in [0.3, 0.4) is 0 Å². The molecule has 2 aliphatic rings. The Bertz CT molecular complexity index is 3900. The molecule has 12 aromatic rings. The Balaban J connectivity index is 0.967. The van der Waals surface area contributed by atoms with Crippen LogP contribution in [0.1, 0.15) is 22.3 Å². The number of hydrogen-bond donors (Lipinski definition) is 0. The highest BCUT2D eigenvalue weighted by Gasteiger charge is 2.51. The van der Waals surface area contributed by atoms with E-state index in [1.165, 1.54) is 109 Å². The Hall–Kier alpha value is -8.30. The van der Waals surface area contributed by atoms with Gasteiger partial charge >= 0.3 is 0 Å². The van der Waals surface area contributed by atoms with Crippen molar-refractivity contribution in [3.8, 4) is 55.6 Å². The molecule has 0 amide bonds. The first-order chi connectivity index (χ1) is 33.2. The Morgan fingerprint density at radius 3 is 1.48 bits per heavy atom. The molecule has 1 nitrogen and oxygen atoms in total. The molecular weight excluding hydrogens is 827 g/mol. The van der Waals surface area contributed by atoms with E-state index in [1.807, 2.05) is 11.3 Å². The van der Waals surface area contributed by atoms with Gasteiger partial charge in [-0.25, -0.2) is 0 Å². The molecule has 0 unspecified atom stereocenters. The highest BCUT2D eigenvalue weighted by atomic mass is 32.1. The summed E-state index contributed by atoms with van der Waals surface area (Å²) in [5, 5.41) is 5.12. The molecule has 0 N–H and O–H groups in total. The van der Waals surface area contributed by atoms with E-state index < -0.39 is 5.41 Å². The molecule has 1 heterocycles. The van der Waals surface area contributed by atoms with Gasteiger partial charge in [-0.15, -0.1) is 11.3 Å². The third-order valence-corrected chi connectivity index (χ3v) is 15.7. The van der Waals surface area contributed by atoms with Crippen LogP contribution in [-0.4, -0.2) is 0 Å². The molecule has 0 aliphatic heterocycles. The Kier molecular flexibility index (Phi) is 8.44. The van der Waals surface area contributed by atoms with Crippen LogP contribution in [0.2, 0.25) is 0 Å². The number of benzene rings is 11. The molecule has 0 radical (unpaired) electrons. The highest BCUT2D eigenvalue weighted by Crippen LogP contribution is 2.63. The van der Waals surface area contributed by atoms with Crippen molar-refractivity contribution in [2.24, 2.45) is 0 Å². The SMILES string of the molecule is c1cc(-c2cccc(N(c3cccc(-c4cccc5ccccc45)c3)c3ccc4c(c3)C3(c5ccccc5-c5ccccc53)c3ccccc3-4)c2)cc(-c2cccc3c2sc2ccccc23)c1. The van der Waals surface area contributed by atoms with Crippen molar-refractivity contribution in [1.29, 1.82) is 0 Å². The van der Waals surface area contributed by atoms with E-state index >= 15 is 0 Å². The van der Waals surface area contributed by atoms with Gasteiger partial charge in [0.05, 0.1) is 5.41 Å². The second-order valence-corrected chi connectivity index (χ2v) is 19.0. The van der Waals surface area contributed by atoms with Crippen molar-refractivity contribution in [2.75, 3.05) is 4.90 Å². The Morgan fingerprint density at radius 1 is 0.284 bits per heavy atom. The molecule has 14 rings (SSSR count). The van der Waals surface area contributed by atoms with Crippen molar-refractivity contribution < 1.29 is 0 Å². The fourth-order valence-electron chi connectivity index (χ4n) is 11.6. The number of nitrogens with zero attached hydrogens (tertiary/aromatic N) is 1. The molecule has 2 heteroatoms.